The quantitative estimate of drug-likeness (QED) is 0.644. The zero-order valence-electron chi connectivity index (χ0n) is 19.6. The van der Waals surface area contributed by atoms with Crippen LogP contribution in [-0.2, 0) is 11.2 Å². The molecule has 2 aliphatic rings. The van der Waals surface area contributed by atoms with E-state index in [-0.39, 0.29) is 30.9 Å². The third-order valence-corrected chi connectivity index (χ3v) is 7.06. The molecule has 9 heteroatoms. The summed E-state index contributed by atoms with van der Waals surface area (Å²) >= 11 is 0. The Balaban J connectivity index is 1.52. The van der Waals surface area contributed by atoms with Crippen molar-refractivity contribution in [3.05, 3.63) is 65.2 Å². The number of carbonyl (C=O) groups is 2. The van der Waals surface area contributed by atoms with Gasteiger partial charge in [-0.2, -0.15) is 0 Å². The number of piperidine rings is 1. The minimum absolute atomic E-state index is 0.0595. The molecular weight excluding hydrogens is 458 g/mol. The van der Waals surface area contributed by atoms with Crippen molar-refractivity contribution in [2.45, 2.75) is 37.9 Å². The van der Waals surface area contributed by atoms with Gasteiger partial charge >= 0.3 is 0 Å². The van der Waals surface area contributed by atoms with E-state index in [0.717, 1.165) is 12.1 Å². The molecule has 4 rings (SSSR count). The highest BCUT2D eigenvalue weighted by atomic mass is 19.1. The zero-order valence-corrected chi connectivity index (χ0v) is 19.6. The first-order valence-corrected chi connectivity index (χ1v) is 11.7. The molecule has 2 amide bonds. The Hall–Kier alpha value is -3.04. The van der Waals surface area contributed by atoms with Gasteiger partial charge in [-0.05, 0) is 48.4 Å². The summed E-state index contributed by atoms with van der Waals surface area (Å²) in [6, 6.07) is 9.84. The minimum atomic E-state index is -1.05. The molecule has 2 aromatic rings. The number of ether oxygens (including phenoxy) is 1. The first kappa shape index (κ1) is 25.1. The molecule has 7 nitrogen and oxygen atoms in total. The number of likely N-dealkylation sites (tertiary alicyclic amines) is 1. The van der Waals surface area contributed by atoms with Gasteiger partial charge in [-0.3, -0.25) is 9.59 Å². The van der Waals surface area contributed by atoms with Crippen molar-refractivity contribution in [2.24, 2.45) is 5.41 Å². The van der Waals surface area contributed by atoms with Crippen molar-refractivity contribution in [1.82, 2.24) is 9.80 Å². The van der Waals surface area contributed by atoms with Crippen LogP contribution in [0.15, 0.2) is 42.5 Å². The highest BCUT2D eigenvalue weighted by Crippen LogP contribution is 2.39. The summed E-state index contributed by atoms with van der Waals surface area (Å²) in [4.78, 5) is 28.7. The van der Waals surface area contributed by atoms with Gasteiger partial charge in [-0.25, -0.2) is 8.78 Å². The van der Waals surface area contributed by atoms with E-state index in [4.69, 9.17) is 4.74 Å². The zero-order chi connectivity index (χ0) is 25.2. The molecule has 1 saturated heterocycles. The fourth-order valence-electron chi connectivity index (χ4n) is 5.07. The predicted molar refractivity (Wildman–Crippen MR) is 124 cm³/mol. The van der Waals surface area contributed by atoms with Crippen LogP contribution in [-0.4, -0.2) is 77.3 Å². The molecule has 0 bridgehead atoms. The number of amides is 2. The highest BCUT2D eigenvalue weighted by Gasteiger charge is 2.41. The van der Waals surface area contributed by atoms with Gasteiger partial charge in [-0.15, -0.1) is 0 Å². The summed E-state index contributed by atoms with van der Waals surface area (Å²) < 4.78 is 32.9. The molecule has 2 heterocycles. The average molecular weight is 489 g/mol. The fraction of sp³-hybridized carbons (Fsp3) is 0.462. The summed E-state index contributed by atoms with van der Waals surface area (Å²) in [6.45, 7) is 0.748. The molecule has 2 aromatic carbocycles. The minimum Gasteiger partial charge on any atom is -0.483 e. The number of aliphatic hydroxyl groups excluding tert-OH is 2. The maximum Gasteiger partial charge on any atom is 0.260 e. The fourth-order valence-corrected chi connectivity index (χ4v) is 5.07. The molecule has 2 aliphatic heterocycles. The van der Waals surface area contributed by atoms with Gasteiger partial charge in [0.1, 0.15) is 17.4 Å². The number of aliphatic hydroxyl groups is 2. The largest absolute Gasteiger partial charge is 0.483 e. The summed E-state index contributed by atoms with van der Waals surface area (Å²) in [5, 5.41) is 21.7. The third kappa shape index (κ3) is 5.79. The number of benzene rings is 2. The van der Waals surface area contributed by atoms with Crippen molar-refractivity contribution < 1.29 is 33.3 Å². The molecule has 1 spiro atoms. The summed E-state index contributed by atoms with van der Waals surface area (Å²) in [6.07, 6.45) is -0.763. The normalized spacial score (nSPS) is 23.2. The lowest BCUT2D eigenvalue weighted by Gasteiger charge is -2.45. The molecular formula is C26H30F2N2O5. The number of rotatable bonds is 1. The van der Waals surface area contributed by atoms with E-state index in [2.05, 4.69) is 0 Å². The molecule has 35 heavy (non-hydrogen) atoms. The standard InChI is InChI=1S/C26H30F2N2O5/c1-29-16-26(6-8-30(9-7-26)25(34)18-10-19(27)13-20(28)11-18)14-22(32)21(31)12-17-4-2-3-5-23(17)35-15-24(29)33/h2-5,10-11,13,21-22,31-32H,6-9,12,14-16H2,1H3/t21-,22+/m0/s1. The second kappa shape index (κ2) is 10.3. The SMILES string of the molecule is CN1CC2(CCN(C(=O)c3cc(F)cc(F)c3)CC2)C[C@@H](O)[C@@H](O)Cc2ccccc2OCC1=O. The van der Waals surface area contributed by atoms with Crippen molar-refractivity contribution in [3.8, 4) is 5.75 Å². The second-order valence-electron chi connectivity index (χ2n) is 9.64. The topological polar surface area (TPSA) is 90.3 Å². The molecule has 0 saturated carbocycles. The lowest BCUT2D eigenvalue weighted by atomic mass is 9.72. The second-order valence-corrected chi connectivity index (χ2v) is 9.64. The van der Waals surface area contributed by atoms with Crippen molar-refractivity contribution in [3.63, 3.8) is 0 Å². The van der Waals surface area contributed by atoms with E-state index in [1.165, 1.54) is 4.90 Å². The number of likely N-dealkylation sites (N-methyl/N-ethyl adjacent to an activating group) is 1. The molecule has 0 aromatic heterocycles. The number of para-hydroxylation sites is 1. The molecule has 2 atom stereocenters. The Morgan fingerprint density at radius 2 is 1.71 bits per heavy atom. The van der Waals surface area contributed by atoms with Gasteiger partial charge in [0, 0.05) is 44.7 Å². The van der Waals surface area contributed by atoms with Crippen LogP contribution < -0.4 is 4.74 Å². The maximum absolute atomic E-state index is 13.6. The number of fused-ring (bicyclic) bond motifs is 1. The van der Waals surface area contributed by atoms with Crippen molar-refractivity contribution in [1.29, 1.82) is 0 Å². The van der Waals surface area contributed by atoms with Crippen LogP contribution in [0.5, 0.6) is 5.75 Å². The Labute approximate surface area is 202 Å². The monoisotopic (exact) mass is 488 g/mol. The average Bonchev–Trinajstić information content (AvgIpc) is 2.82. The lowest BCUT2D eigenvalue weighted by Crippen LogP contribution is -2.51. The van der Waals surface area contributed by atoms with Gasteiger partial charge in [0.2, 0.25) is 0 Å². The van der Waals surface area contributed by atoms with Gasteiger partial charge < -0.3 is 24.7 Å². The third-order valence-electron chi connectivity index (χ3n) is 7.06. The van der Waals surface area contributed by atoms with Crippen molar-refractivity contribution in [2.75, 3.05) is 33.3 Å². The van der Waals surface area contributed by atoms with Gasteiger partial charge in [0.25, 0.3) is 11.8 Å². The highest BCUT2D eigenvalue weighted by molar-refractivity contribution is 5.94. The van der Waals surface area contributed by atoms with Crippen molar-refractivity contribution >= 4 is 11.8 Å². The molecule has 1 fully saturated rings. The lowest BCUT2D eigenvalue weighted by molar-refractivity contribution is -0.135. The number of nitrogens with zero attached hydrogens (tertiary/aromatic N) is 2. The maximum atomic E-state index is 13.6. The van der Waals surface area contributed by atoms with E-state index in [0.29, 0.717) is 49.9 Å². The Morgan fingerprint density at radius 3 is 2.40 bits per heavy atom. The number of hydrogen-bond acceptors (Lipinski definition) is 5. The molecule has 0 unspecified atom stereocenters. The van der Waals surface area contributed by atoms with Crippen LogP contribution in [0.3, 0.4) is 0 Å². The van der Waals surface area contributed by atoms with E-state index >= 15 is 0 Å². The Morgan fingerprint density at radius 1 is 1.06 bits per heavy atom. The van der Waals surface area contributed by atoms with Crippen LogP contribution in [0.1, 0.15) is 35.2 Å². The van der Waals surface area contributed by atoms with Crippen LogP contribution in [0.25, 0.3) is 0 Å². The Kier molecular flexibility index (Phi) is 7.37. The summed E-state index contributed by atoms with van der Waals surface area (Å²) in [5.74, 6) is -1.83. The van der Waals surface area contributed by atoms with E-state index in [1.807, 2.05) is 0 Å². The predicted octanol–water partition coefficient (Wildman–Crippen LogP) is 2.39. The van der Waals surface area contributed by atoms with Gasteiger partial charge in [0.05, 0.1) is 12.2 Å². The van der Waals surface area contributed by atoms with Crippen LogP contribution in [0.2, 0.25) is 0 Å². The number of hydrogen-bond donors (Lipinski definition) is 2. The first-order chi connectivity index (χ1) is 16.7. The smallest absolute Gasteiger partial charge is 0.260 e. The molecule has 2 N–H and O–H groups in total. The molecule has 188 valence electrons. The summed E-state index contributed by atoms with van der Waals surface area (Å²) in [7, 11) is 1.67. The van der Waals surface area contributed by atoms with Gasteiger partial charge in [-0.1, -0.05) is 18.2 Å². The first-order valence-electron chi connectivity index (χ1n) is 11.7. The van der Waals surface area contributed by atoms with Crippen LogP contribution >= 0.6 is 0 Å². The summed E-state index contributed by atoms with van der Waals surface area (Å²) in [5.41, 5.74) is 0.0931. The van der Waals surface area contributed by atoms with Gasteiger partial charge in [0.15, 0.2) is 6.61 Å². The van der Waals surface area contributed by atoms with E-state index in [9.17, 15) is 28.6 Å². The molecule has 0 radical (unpaired) electrons. The van der Waals surface area contributed by atoms with Crippen LogP contribution in [0.4, 0.5) is 8.78 Å². The van der Waals surface area contributed by atoms with E-state index in [1.54, 1.807) is 36.2 Å². The number of halogens is 2. The Bertz CT molecular complexity index is 1070. The van der Waals surface area contributed by atoms with E-state index < -0.39 is 35.2 Å². The van der Waals surface area contributed by atoms with Crippen LogP contribution in [0, 0.1) is 17.0 Å². The molecule has 0 aliphatic carbocycles. The number of carbonyl (C=O) groups excluding carboxylic acids is 2.